The predicted octanol–water partition coefficient (Wildman–Crippen LogP) is -0.773. The van der Waals surface area contributed by atoms with Gasteiger partial charge in [-0.05, 0) is 18.0 Å². The monoisotopic (exact) mass is 355 g/mol. The van der Waals surface area contributed by atoms with Gasteiger partial charge in [-0.3, -0.25) is 14.3 Å². The Balaban J connectivity index is 2.56. The van der Waals surface area contributed by atoms with Gasteiger partial charge in [0.25, 0.3) is 5.56 Å². The number of aryl methyl sites for hydroxylation is 1. The third-order valence-electron chi connectivity index (χ3n) is 3.84. The standard InChI is InChI=1S/C14H21N5O4S/c1-14(2,7-15)8-18(3)24(22,23)9-5-10-11(16-6-9)19(4)13(21)17-12(10)20/h5-6H,7-8,15H2,1-4H3,(H,17,20,21). The number of rotatable bonds is 5. The molecule has 9 nitrogen and oxygen atoms in total. The lowest BCUT2D eigenvalue weighted by Crippen LogP contribution is -2.39. The lowest BCUT2D eigenvalue weighted by atomic mass is 9.94. The molecule has 0 spiro atoms. The van der Waals surface area contributed by atoms with E-state index in [0.29, 0.717) is 6.54 Å². The van der Waals surface area contributed by atoms with E-state index in [1.807, 2.05) is 13.8 Å². The van der Waals surface area contributed by atoms with Crippen LogP contribution in [0.15, 0.2) is 26.7 Å². The lowest BCUT2D eigenvalue weighted by Gasteiger charge is -2.28. The molecule has 2 aromatic rings. The molecule has 0 aliphatic carbocycles. The number of H-pyrrole nitrogens is 1. The molecule has 3 N–H and O–H groups in total. The van der Waals surface area contributed by atoms with Crippen LogP contribution in [0.2, 0.25) is 0 Å². The van der Waals surface area contributed by atoms with Gasteiger partial charge >= 0.3 is 5.69 Å². The van der Waals surface area contributed by atoms with Crippen molar-refractivity contribution < 1.29 is 8.42 Å². The largest absolute Gasteiger partial charge is 0.330 e. The third-order valence-corrected chi connectivity index (χ3v) is 5.61. The van der Waals surface area contributed by atoms with Gasteiger partial charge < -0.3 is 5.73 Å². The van der Waals surface area contributed by atoms with E-state index in [-0.39, 0.29) is 22.5 Å². The number of hydrogen-bond acceptors (Lipinski definition) is 6. The molecule has 0 unspecified atom stereocenters. The van der Waals surface area contributed by atoms with Crippen molar-refractivity contribution in [2.24, 2.45) is 18.2 Å². The first kappa shape index (κ1) is 18.3. The van der Waals surface area contributed by atoms with E-state index in [4.69, 9.17) is 5.73 Å². The summed E-state index contributed by atoms with van der Waals surface area (Å²) in [6.45, 7) is 4.26. The minimum absolute atomic E-state index is 0.0321. The van der Waals surface area contributed by atoms with Gasteiger partial charge in [0.15, 0.2) is 0 Å². The second-order valence-electron chi connectivity index (χ2n) is 6.49. The van der Waals surface area contributed by atoms with Crippen LogP contribution < -0.4 is 17.0 Å². The molecule has 0 saturated heterocycles. The fraction of sp³-hybridized carbons (Fsp3) is 0.500. The Morgan fingerprint density at radius 2 is 2.00 bits per heavy atom. The summed E-state index contributed by atoms with van der Waals surface area (Å²) in [6, 6.07) is 1.22. The van der Waals surface area contributed by atoms with E-state index in [9.17, 15) is 18.0 Å². The van der Waals surface area contributed by atoms with Gasteiger partial charge in [-0.1, -0.05) is 13.8 Å². The van der Waals surface area contributed by atoms with Crippen molar-refractivity contribution >= 4 is 21.1 Å². The van der Waals surface area contributed by atoms with Crippen molar-refractivity contribution in [3.8, 4) is 0 Å². The molecule has 2 heterocycles. The second kappa shape index (κ2) is 6.11. The summed E-state index contributed by atoms with van der Waals surface area (Å²) in [6.07, 6.45) is 1.14. The van der Waals surface area contributed by atoms with E-state index in [1.165, 1.54) is 24.5 Å². The fourth-order valence-electron chi connectivity index (χ4n) is 2.29. The topological polar surface area (TPSA) is 131 Å². The molecule has 0 fully saturated rings. The summed E-state index contributed by atoms with van der Waals surface area (Å²) in [4.78, 5) is 29.5. The lowest BCUT2D eigenvalue weighted by molar-refractivity contribution is 0.292. The van der Waals surface area contributed by atoms with E-state index >= 15 is 0 Å². The van der Waals surface area contributed by atoms with Gasteiger partial charge in [0, 0.05) is 26.8 Å². The first-order valence-electron chi connectivity index (χ1n) is 7.25. The molecule has 0 aromatic carbocycles. The summed E-state index contributed by atoms with van der Waals surface area (Å²) in [7, 11) is -0.950. The number of sulfonamides is 1. The quantitative estimate of drug-likeness (QED) is 0.724. The van der Waals surface area contributed by atoms with Gasteiger partial charge in [0.2, 0.25) is 10.0 Å². The third kappa shape index (κ3) is 3.25. The fourth-order valence-corrected chi connectivity index (χ4v) is 3.62. The first-order valence-corrected chi connectivity index (χ1v) is 8.69. The second-order valence-corrected chi connectivity index (χ2v) is 8.53. The summed E-state index contributed by atoms with van der Waals surface area (Å²) < 4.78 is 27.7. The maximum absolute atomic E-state index is 12.7. The zero-order valence-corrected chi connectivity index (χ0v) is 14.8. The van der Waals surface area contributed by atoms with Crippen molar-refractivity contribution in [2.45, 2.75) is 18.7 Å². The maximum Gasteiger partial charge on any atom is 0.329 e. The number of aromatic amines is 1. The van der Waals surface area contributed by atoms with E-state index in [1.54, 1.807) is 0 Å². The van der Waals surface area contributed by atoms with Gasteiger partial charge in [0.05, 0.1) is 5.39 Å². The Labute approximate surface area is 139 Å². The van der Waals surface area contributed by atoms with Crippen LogP contribution in [0.25, 0.3) is 11.0 Å². The van der Waals surface area contributed by atoms with Crippen LogP contribution in [0.1, 0.15) is 13.8 Å². The number of fused-ring (bicyclic) bond motifs is 1. The van der Waals surface area contributed by atoms with Crippen LogP contribution >= 0.6 is 0 Å². The minimum Gasteiger partial charge on any atom is -0.330 e. The molecule has 0 bridgehead atoms. The average Bonchev–Trinajstić information content (AvgIpc) is 2.51. The van der Waals surface area contributed by atoms with E-state index in [0.717, 1.165) is 10.8 Å². The van der Waals surface area contributed by atoms with Gasteiger partial charge in [-0.2, -0.15) is 0 Å². The molecule has 0 amide bonds. The summed E-state index contributed by atoms with van der Waals surface area (Å²) in [5.41, 5.74) is 4.08. The van der Waals surface area contributed by atoms with Crippen molar-refractivity contribution in [1.82, 2.24) is 18.8 Å². The molecule has 0 aliphatic rings. The van der Waals surface area contributed by atoms with E-state index < -0.39 is 26.7 Å². The molecular formula is C14H21N5O4S. The Kier molecular flexibility index (Phi) is 4.66. The molecule has 0 saturated carbocycles. The number of nitrogens with zero attached hydrogens (tertiary/aromatic N) is 3. The Bertz CT molecular complexity index is 990. The highest BCUT2D eigenvalue weighted by Gasteiger charge is 2.28. The zero-order valence-electron chi connectivity index (χ0n) is 14.0. The van der Waals surface area contributed by atoms with Crippen LogP contribution in [-0.2, 0) is 17.1 Å². The maximum atomic E-state index is 12.7. The molecular weight excluding hydrogens is 334 g/mol. The highest BCUT2D eigenvalue weighted by Crippen LogP contribution is 2.21. The molecule has 0 atom stereocenters. The molecule has 132 valence electrons. The predicted molar refractivity (Wildman–Crippen MR) is 90.3 cm³/mol. The van der Waals surface area contributed by atoms with E-state index in [2.05, 4.69) is 9.97 Å². The van der Waals surface area contributed by atoms with Crippen LogP contribution in [0.4, 0.5) is 0 Å². The molecule has 24 heavy (non-hydrogen) atoms. The molecule has 10 heteroatoms. The molecule has 0 aliphatic heterocycles. The van der Waals surface area contributed by atoms with Crippen molar-refractivity contribution in [2.75, 3.05) is 20.1 Å². The molecule has 2 aromatic heterocycles. The number of nitrogens with one attached hydrogen (secondary N) is 1. The first-order chi connectivity index (χ1) is 11.0. The smallest absolute Gasteiger partial charge is 0.329 e. The van der Waals surface area contributed by atoms with Gasteiger partial charge in [-0.25, -0.2) is 22.5 Å². The van der Waals surface area contributed by atoms with Crippen LogP contribution in [0, 0.1) is 5.41 Å². The van der Waals surface area contributed by atoms with Crippen LogP contribution in [-0.4, -0.2) is 47.4 Å². The highest BCUT2D eigenvalue weighted by molar-refractivity contribution is 7.89. The van der Waals surface area contributed by atoms with Crippen LogP contribution in [0.5, 0.6) is 0 Å². The zero-order chi connectivity index (χ0) is 18.3. The van der Waals surface area contributed by atoms with Gasteiger partial charge in [0.1, 0.15) is 10.5 Å². The minimum atomic E-state index is -3.84. The van der Waals surface area contributed by atoms with Crippen molar-refractivity contribution in [1.29, 1.82) is 0 Å². The Hall–Kier alpha value is -2.04. The van der Waals surface area contributed by atoms with Crippen molar-refractivity contribution in [3.63, 3.8) is 0 Å². The van der Waals surface area contributed by atoms with Gasteiger partial charge in [-0.15, -0.1) is 0 Å². The molecule has 0 radical (unpaired) electrons. The summed E-state index contributed by atoms with van der Waals surface area (Å²) in [5, 5.41) is 0.0321. The Morgan fingerprint density at radius 3 is 2.58 bits per heavy atom. The normalized spacial score (nSPS) is 12.9. The summed E-state index contributed by atoms with van der Waals surface area (Å²) >= 11 is 0. The average molecular weight is 355 g/mol. The Morgan fingerprint density at radius 1 is 1.38 bits per heavy atom. The molecule has 2 rings (SSSR count). The number of hydrogen-bond donors (Lipinski definition) is 2. The summed E-state index contributed by atoms with van der Waals surface area (Å²) in [5.74, 6) is 0. The van der Waals surface area contributed by atoms with Crippen LogP contribution in [0.3, 0.4) is 0 Å². The number of pyridine rings is 1. The SMILES string of the molecule is CN(CC(C)(C)CN)S(=O)(=O)c1cnc2c(c1)c(=O)[nH]c(=O)n2C. The van der Waals surface area contributed by atoms with Crippen molar-refractivity contribution in [3.05, 3.63) is 33.1 Å². The highest BCUT2D eigenvalue weighted by atomic mass is 32.2. The number of aromatic nitrogens is 3. The number of nitrogens with two attached hydrogens (primary N) is 1.